The lowest BCUT2D eigenvalue weighted by Crippen LogP contribution is -2.41. The number of aromatic nitrogens is 2. The molecule has 1 aromatic heterocycles. The van der Waals surface area contributed by atoms with Crippen molar-refractivity contribution in [1.82, 2.24) is 15.5 Å². The zero-order valence-electron chi connectivity index (χ0n) is 10.3. The van der Waals surface area contributed by atoms with Crippen LogP contribution in [0.25, 0.3) is 10.9 Å². The van der Waals surface area contributed by atoms with Crippen molar-refractivity contribution in [1.29, 1.82) is 0 Å². The van der Waals surface area contributed by atoms with Crippen LogP contribution in [0.3, 0.4) is 0 Å². The van der Waals surface area contributed by atoms with Crippen LogP contribution in [0.5, 0.6) is 0 Å². The van der Waals surface area contributed by atoms with Crippen LogP contribution in [-0.2, 0) is 16.0 Å². The zero-order chi connectivity index (χ0) is 13.2. The molecule has 2 aromatic rings. The number of hydrogen-bond donors (Lipinski definition) is 1. The molecule has 1 saturated heterocycles. The molecule has 1 unspecified atom stereocenters. The third-order valence-electron chi connectivity index (χ3n) is 3.45. The van der Waals surface area contributed by atoms with Gasteiger partial charge in [0.2, 0.25) is 11.8 Å². The number of nitrogens with zero attached hydrogens (tertiary/aromatic N) is 2. The minimum Gasteiger partial charge on any atom is -0.296 e. The van der Waals surface area contributed by atoms with E-state index in [1.807, 2.05) is 24.3 Å². The maximum Gasteiger partial charge on any atom is 0.230 e. The normalized spacial score (nSPS) is 19.5. The van der Waals surface area contributed by atoms with Gasteiger partial charge in [0.05, 0.1) is 11.7 Å². The van der Waals surface area contributed by atoms with Gasteiger partial charge in [0.25, 0.3) is 0 Å². The highest BCUT2D eigenvalue weighted by Crippen LogP contribution is 2.22. The minimum absolute atomic E-state index is 0.162. The van der Waals surface area contributed by atoms with Crippen LogP contribution in [0.1, 0.15) is 18.4 Å². The van der Waals surface area contributed by atoms with Crippen LogP contribution in [0.2, 0.25) is 0 Å². The summed E-state index contributed by atoms with van der Waals surface area (Å²) < 4.78 is 0. The van der Waals surface area contributed by atoms with Crippen molar-refractivity contribution in [2.75, 3.05) is 0 Å². The van der Waals surface area contributed by atoms with Crippen molar-refractivity contribution in [3.05, 3.63) is 36.0 Å². The molecule has 96 valence electrons. The summed E-state index contributed by atoms with van der Waals surface area (Å²) in [5.41, 5.74) is 1.83. The Morgan fingerprint density at radius 3 is 2.95 bits per heavy atom. The molecule has 2 heterocycles. The molecule has 1 atom stereocenters. The number of nitrogens with one attached hydrogen (secondary N) is 1. The lowest BCUT2D eigenvalue weighted by molar-refractivity contribution is -0.136. The van der Waals surface area contributed by atoms with E-state index in [9.17, 15) is 9.59 Å². The van der Waals surface area contributed by atoms with E-state index < -0.39 is 0 Å². The average Bonchev–Trinajstić information content (AvgIpc) is 2.42. The maximum atomic E-state index is 11.8. The predicted octanol–water partition coefficient (Wildman–Crippen LogP) is 1.23. The van der Waals surface area contributed by atoms with Gasteiger partial charge in [0.1, 0.15) is 0 Å². The van der Waals surface area contributed by atoms with E-state index in [1.54, 1.807) is 6.20 Å². The Balaban J connectivity index is 1.89. The quantitative estimate of drug-likeness (QED) is 0.819. The largest absolute Gasteiger partial charge is 0.296 e. The molecule has 0 spiro atoms. The average molecular weight is 255 g/mol. The SMILES string of the molecule is O=C1CCC(Cc2cnnc3ccccc23)C(=O)N1. The Bertz CT molecular complexity index is 649. The fourth-order valence-electron chi connectivity index (χ4n) is 2.42. The molecular formula is C14H13N3O2. The van der Waals surface area contributed by atoms with E-state index >= 15 is 0 Å². The predicted molar refractivity (Wildman–Crippen MR) is 69.1 cm³/mol. The van der Waals surface area contributed by atoms with Crippen LogP contribution in [0, 0.1) is 5.92 Å². The highest BCUT2D eigenvalue weighted by Gasteiger charge is 2.27. The van der Waals surface area contributed by atoms with Gasteiger partial charge in [-0.05, 0) is 24.5 Å². The highest BCUT2D eigenvalue weighted by molar-refractivity contribution is 5.98. The van der Waals surface area contributed by atoms with E-state index in [2.05, 4.69) is 15.5 Å². The van der Waals surface area contributed by atoms with Gasteiger partial charge in [-0.2, -0.15) is 10.2 Å². The van der Waals surface area contributed by atoms with Crippen molar-refractivity contribution in [3.63, 3.8) is 0 Å². The summed E-state index contributed by atoms with van der Waals surface area (Å²) in [7, 11) is 0. The number of carbonyl (C=O) groups is 2. The molecule has 0 bridgehead atoms. The van der Waals surface area contributed by atoms with Gasteiger partial charge in [-0.3, -0.25) is 14.9 Å². The van der Waals surface area contributed by atoms with E-state index in [0.717, 1.165) is 16.5 Å². The number of fused-ring (bicyclic) bond motifs is 1. The molecular weight excluding hydrogens is 242 g/mol. The summed E-state index contributed by atoms with van der Waals surface area (Å²) in [5.74, 6) is -0.526. The van der Waals surface area contributed by atoms with Crippen LogP contribution >= 0.6 is 0 Å². The van der Waals surface area contributed by atoms with Gasteiger partial charge in [-0.15, -0.1) is 0 Å². The minimum atomic E-state index is -0.183. The molecule has 19 heavy (non-hydrogen) atoms. The summed E-state index contributed by atoms with van der Waals surface area (Å²) in [6.45, 7) is 0. The van der Waals surface area contributed by atoms with E-state index in [0.29, 0.717) is 19.3 Å². The van der Waals surface area contributed by atoms with Crippen molar-refractivity contribution in [2.24, 2.45) is 5.92 Å². The van der Waals surface area contributed by atoms with Crippen LogP contribution in [0.4, 0.5) is 0 Å². The van der Waals surface area contributed by atoms with E-state index in [-0.39, 0.29) is 17.7 Å². The van der Waals surface area contributed by atoms with Gasteiger partial charge >= 0.3 is 0 Å². The smallest absolute Gasteiger partial charge is 0.230 e. The third kappa shape index (κ3) is 2.31. The van der Waals surface area contributed by atoms with Gasteiger partial charge < -0.3 is 0 Å². The first-order chi connectivity index (χ1) is 9.24. The Labute approximate surface area is 110 Å². The molecule has 2 amide bonds. The molecule has 5 heteroatoms. The Kier molecular flexibility index (Phi) is 2.95. The lowest BCUT2D eigenvalue weighted by Gasteiger charge is -2.20. The number of piperidine rings is 1. The Morgan fingerprint density at radius 2 is 2.11 bits per heavy atom. The van der Waals surface area contributed by atoms with Crippen molar-refractivity contribution < 1.29 is 9.59 Å². The molecule has 0 aliphatic carbocycles. The number of rotatable bonds is 2. The van der Waals surface area contributed by atoms with Crippen LogP contribution < -0.4 is 5.32 Å². The number of benzene rings is 1. The molecule has 5 nitrogen and oxygen atoms in total. The molecule has 1 aromatic carbocycles. The summed E-state index contributed by atoms with van der Waals surface area (Å²) in [6, 6.07) is 7.73. The number of carbonyl (C=O) groups excluding carboxylic acids is 2. The van der Waals surface area contributed by atoms with Gasteiger partial charge in [-0.25, -0.2) is 0 Å². The van der Waals surface area contributed by atoms with Crippen molar-refractivity contribution in [3.8, 4) is 0 Å². The second-order valence-corrected chi connectivity index (χ2v) is 4.74. The number of hydrogen-bond acceptors (Lipinski definition) is 4. The second kappa shape index (κ2) is 4.76. The molecule has 3 rings (SSSR count). The van der Waals surface area contributed by atoms with Crippen molar-refractivity contribution in [2.45, 2.75) is 19.3 Å². The topological polar surface area (TPSA) is 72.0 Å². The second-order valence-electron chi connectivity index (χ2n) is 4.74. The number of imide groups is 1. The molecule has 1 aliphatic rings. The van der Waals surface area contributed by atoms with Gasteiger partial charge in [-0.1, -0.05) is 18.2 Å². The van der Waals surface area contributed by atoms with Crippen molar-refractivity contribution >= 4 is 22.7 Å². The fraction of sp³-hybridized carbons (Fsp3) is 0.286. The Hall–Kier alpha value is -2.30. The first-order valence-electron chi connectivity index (χ1n) is 6.27. The summed E-state index contributed by atoms with van der Waals surface area (Å²) >= 11 is 0. The van der Waals surface area contributed by atoms with Gasteiger partial charge in [0.15, 0.2) is 0 Å². The molecule has 0 radical (unpaired) electrons. The van der Waals surface area contributed by atoms with E-state index in [1.165, 1.54) is 0 Å². The summed E-state index contributed by atoms with van der Waals surface area (Å²) in [4.78, 5) is 22.9. The summed E-state index contributed by atoms with van der Waals surface area (Å²) in [6.07, 6.45) is 3.30. The Morgan fingerprint density at radius 1 is 1.26 bits per heavy atom. The maximum absolute atomic E-state index is 11.8. The lowest BCUT2D eigenvalue weighted by atomic mass is 9.90. The van der Waals surface area contributed by atoms with Crippen LogP contribution in [-0.4, -0.2) is 22.0 Å². The summed E-state index contributed by atoms with van der Waals surface area (Å²) in [5, 5.41) is 11.4. The molecule has 0 saturated carbocycles. The van der Waals surface area contributed by atoms with Crippen LogP contribution in [0.15, 0.2) is 30.5 Å². The zero-order valence-corrected chi connectivity index (χ0v) is 10.3. The standard InChI is InChI=1S/C14H13N3O2/c18-13-6-5-9(14(19)16-13)7-10-8-15-17-12-4-2-1-3-11(10)12/h1-4,8-9H,5-7H2,(H,16,18,19). The highest BCUT2D eigenvalue weighted by atomic mass is 16.2. The molecule has 1 N–H and O–H groups in total. The first kappa shape index (κ1) is 11.8. The monoisotopic (exact) mass is 255 g/mol. The van der Waals surface area contributed by atoms with E-state index in [4.69, 9.17) is 0 Å². The number of amides is 2. The molecule has 1 aliphatic heterocycles. The first-order valence-corrected chi connectivity index (χ1v) is 6.27. The fourth-order valence-corrected chi connectivity index (χ4v) is 2.42. The molecule has 1 fully saturated rings. The van der Waals surface area contributed by atoms with Gasteiger partial charge in [0, 0.05) is 17.7 Å². The third-order valence-corrected chi connectivity index (χ3v) is 3.45.